The molecule has 2 rings (SSSR count). The van der Waals surface area contributed by atoms with E-state index >= 15 is 0 Å². The number of phenols is 1. The van der Waals surface area contributed by atoms with Crippen LogP contribution in [0.4, 0.5) is 5.82 Å². The van der Waals surface area contributed by atoms with Gasteiger partial charge in [-0.05, 0) is 18.6 Å². The quantitative estimate of drug-likeness (QED) is 0.695. The van der Waals surface area contributed by atoms with Crippen molar-refractivity contribution in [1.29, 1.82) is 0 Å². The van der Waals surface area contributed by atoms with Gasteiger partial charge in [0.15, 0.2) is 0 Å². The maximum Gasteiger partial charge on any atom is 0.138 e. The molecule has 0 aliphatic carbocycles. The fourth-order valence-electron chi connectivity index (χ4n) is 1.35. The summed E-state index contributed by atoms with van der Waals surface area (Å²) in [6, 6.07) is 1.55. The predicted octanol–water partition coefficient (Wildman–Crippen LogP) is 1.88. The minimum Gasteiger partial charge on any atom is -0.507 e. The molecule has 0 atom stereocenters. The first-order chi connectivity index (χ1) is 6.61. The van der Waals surface area contributed by atoms with Crippen molar-refractivity contribution >= 4 is 28.3 Å². The number of nitrogen functional groups attached to an aromatic ring is 1. The Kier molecular flexibility index (Phi) is 1.93. The summed E-state index contributed by atoms with van der Waals surface area (Å²) in [7, 11) is 0. The molecular formula is C9H8ClN3O. The molecule has 0 radical (unpaired) electrons. The highest BCUT2D eigenvalue weighted by Gasteiger charge is 2.11. The Morgan fingerprint density at radius 2 is 2.14 bits per heavy atom. The fraction of sp³-hybridized carbons (Fsp3) is 0.111. The number of hydrogen-bond acceptors (Lipinski definition) is 4. The van der Waals surface area contributed by atoms with Crippen LogP contribution in [-0.4, -0.2) is 15.1 Å². The zero-order valence-electron chi connectivity index (χ0n) is 7.45. The van der Waals surface area contributed by atoms with E-state index in [0.29, 0.717) is 15.9 Å². The first-order valence-corrected chi connectivity index (χ1v) is 4.37. The van der Waals surface area contributed by atoms with Gasteiger partial charge >= 0.3 is 0 Å². The molecule has 0 saturated carbocycles. The van der Waals surface area contributed by atoms with Crippen LogP contribution in [0.1, 0.15) is 5.56 Å². The van der Waals surface area contributed by atoms with Gasteiger partial charge < -0.3 is 10.8 Å². The minimum absolute atomic E-state index is 0.0556. The van der Waals surface area contributed by atoms with Crippen LogP contribution in [0.2, 0.25) is 5.02 Å². The van der Waals surface area contributed by atoms with Gasteiger partial charge in [-0.25, -0.2) is 9.97 Å². The van der Waals surface area contributed by atoms with Crippen molar-refractivity contribution in [2.45, 2.75) is 6.92 Å². The van der Waals surface area contributed by atoms with Gasteiger partial charge in [-0.1, -0.05) is 11.6 Å². The molecule has 14 heavy (non-hydrogen) atoms. The van der Waals surface area contributed by atoms with E-state index in [2.05, 4.69) is 9.97 Å². The summed E-state index contributed by atoms with van der Waals surface area (Å²) in [6.07, 6.45) is 1.32. The van der Waals surface area contributed by atoms with E-state index in [-0.39, 0.29) is 11.6 Å². The Balaban J connectivity index is 3.02. The van der Waals surface area contributed by atoms with Crippen molar-refractivity contribution in [2.75, 3.05) is 5.73 Å². The molecule has 0 spiro atoms. The third-order valence-corrected chi connectivity index (χ3v) is 2.52. The third kappa shape index (κ3) is 1.15. The zero-order chi connectivity index (χ0) is 10.3. The first kappa shape index (κ1) is 9.02. The van der Waals surface area contributed by atoms with Crippen molar-refractivity contribution in [2.24, 2.45) is 0 Å². The Labute approximate surface area is 85.4 Å². The van der Waals surface area contributed by atoms with Gasteiger partial charge in [-0.2, -0.15) is 0 Å². The van der Waals surface area contributed by atoms with Crippen LogP contribution in [0.5, 0.6) is 5.75 Å². The van der Waals surface area contributed by atoms with E-state index in [1.54, 1.807) is 13.0 Å². The molecule has 0 bridgehead atoms. The van der Waals surface area contributed by atoms with E-state index in [4.69, 9.17) is 17.3 Å². The molecule has 1 heterocycles. The van der Waals surface area contributed by atoms with Crippen LogP contribution in [0.3, 0.4) is 0 Å². The average molecular weight is 210 g/mol. The number of aryl methyl sites for hydroxylation is 1. The standard InChI is InChI=1S/C9H8ClN3O/c1-4-2-5(14)6-8(7(4)10)12-3-13-9(6)11/h2-3,14H,1H3,(H2,11,12,13). The number of aromatic nitrogens is 2. The average Bonchev–Trinajstić information content (AvgIpc) is 2.14. The number of benzene rings is 1. The number of aromatic hydroxyl groups is 1. The van der Waals surface area contributed by atoms with Crippen molar-refractivity contribution in [3.63, 3.8) is 0 Å². The highest BCUT2D eigenvalue weighted by atomic mass is 35.5. The summed E-state index contributed by atoms with van der Waals surface area (Å²) in [5.74, 6) is 0.286. The lowest BCUT2D eigenvalue weighted by Crippen LogP contribution is -1.94. The predicted molar refractivity (Wildman–Crippen MR) is 55.4 cm³/mol. The summed E-state index contributed by atoms with van der Waals surface area (Å²) in [4.78, 5) is 7.77. The summed E-state index contributed by atoms with van der Waals surface area (Å²) in [5, 5.41) is 10.5. The maximum atomic E-state index is 9.64. The van der Waals surface area contributed by atoms with Gasteiger partial charge in [0.1, 0.15) is 17.9 Å². The smallest absolute Gasteiger partial charge is 0.138 e. The van der Waals surface area contributed by atoms with Crippen molar-refractivity contribution < 1.29 is 5.11 Å². The topological polar surface area (TPSA) is 72.0 Å². The van der Waals surface area contributed by atoms with Crippen molar-refractivity contribution in [3.05, 3.63) is 23.0 Å². The molecule has 2 aromatic rings. The molecule has 0 fully saturated rings. The molecule has 3 N–H and O–H groups in total. The molecule has 72 valence electrons. The lowest BCUT2D eigenvalue weighted by Gasteiger charge is -2.06. The van der Waals surface area contributed by atoms with E-state index in [0.717, 1.165) is 5.56 Å². The molecule has 0 unspecified atom stereocenters. The molecule has 0 saturated heterocycles. The van der Waals surface area contributed by atoms with Crippen molar-refractivity contribution in [1.82, 2.24) is 9.97 Å². The first-order valence-electron chi connectivity index (χ1n) is 3.99. The Morgan fingerprint density at radius 1 is 1.43 bits per heavy atom. The number of nitrogens with two attached hydrogens (primary N) is 1. The van der Waals surface area contributed by atoms with Gasteiger partial charge in [0.05, 0.1) is 15.9 Å². The van der Waals surface area contributed by atoms with Crippen LogP contribution in [-0.2, 0) is 0 Å². The fourth-order valence-corrected chi connectivity index (χ4v) is 1.54. The highest BCUT2D eigenvalue weighted by Crippen LogP contribution is 2.34. The molecule has 0 amide bonds. The number of anilines is 1. The number of phenolic OH excluding ortho intramolecular Hbond substituents is 1. The number of hydrogen-bond donors (Lipinski definition) is 2. The van der Waals surface area contributed by atoms with Gasteiger partial charge in [0, 0.05) is 0 Å². The van der Waals surface area contributed by atoms with Gasteiger partial charge in [-0.3, -0.25) is 0 Å². The Bertz CT molecular complexity index is 513. The molecule has 1 aromatic carbocycles. The second kappa shape index (κ2) is 2.99. The number of fused-ring (bicyclic) bond motifs is 1. The van der Waals surface area contributed by atoms with E-state index < -0.39 is 0 Å². The molecule has 1 aromatic heterocycles. The van der Waals surface area contributed by atoms with Crippen molar-refractivity contribution in [3.8, 4) is 5.75 Å². The van der Waals surface area contributed by atoms with Crippen LogP contribution < -0.4 is 5.73 Å². The highest BCUT2D eigenvalue weighted by molar-refractivity contribution is 6.36. The second-order valence-electron chi connectivity index (χ2n) is 3.01. The van der Waals surface area contributed by atoms with Crippen LogP contribution in [0, 0.1) is 6.92 Å². The second-order valence-corrected chi connectivity index (χ2v) is 3.39. The van der Waals surface area contributed by atoms with E-state index in [9.17, 15) is 5.11 Å². The zero-order valence-corrected chi connectivity index (χ0v) is 8.21. The lowest BCUT2D eigenvalue weighted by atomic mass is 10.1. The molecule has 0 aliphatic heterocycles. The lowest BCUT2D eigenvalue weighted by molar-refractivity contribution is 0.481. The number of halogens is 1. The molecule has 0 aliphatic rings. The van der Waals surface area contributed by atoms with Gasteiger partial charge in [0.25, 0.3) is 0 Å². The number of rotatable bonds is 0. The normalized spacial score (nSPS) is 10.7. The van der Waals surface area contributed by atoms with E-state index in [1.807, 2.05) is 0 Å². The maximum absolute atomic E-state index is 9.64. The summed E-state index contributed by atoms with van der Waals surface area (Å²) in [5.41, 5.74) is 6.85. The third-order valence-electron chi connectivity index (χ3n) is 2.04. The minimum atomic E-state index is 0.0556. The monoisotopic (exact) mass is 209 g/mol. The molecular weight excluding hydrogens is 202 g/mol. The van der Waals surface area contributed by atoms with Crippen LogP contribution in [0.15, 0.2) is 12.4 Å². The largest absolute Gasteiger partial charge is 0.507 e. The summed E-state index contributed by atoms with van der Waals surface area (Å²) in [6.45, 7) is 1.79. The molecule has 4 nitrogen and oxygen atoms in total. The number of nitrogens with zero attached hydrogens (tertiary/aromatic N) is 2. The Hall–Kier alpha value is -1.55. The van der Waals surface area contributed by atoms with E-state index in [1.165, 1.54) is 6.33 Å². The molecule has 5 heteroatoms. The summed E-state index contributed by atoms with van der Waals surface area (Å²) < 4.78 is 0. The Morgan fingerprint density at radius 3 is 2.86 bits per heavy atom. The summed E-state index contributed by atoms with van der Waals surface area (Å²) >= 11 is 6.01. The van der Waals surface area contributed by atoms with Crippen LogP contribution >= 0.6 is 11.6 Å². The van der Waals surface area contributed by atoms with Crippen LogP contribution in [0.25, 0.3) is 10.9 Å². The van der Waals surface area contributed by atoms with Gasteiger partial charge in [0.2, 0.25) is 0 Å². The SMILES string of the molecule is Cc1cc(O)c2c(N)ncnc2c1Cl. The van der Waals surface area contributed by atoms with Gasteiger partial charge in [-0.15, -0.1) is 0 Å².